The van der Waals surface area contributed by atoms with Crippen LogP contribution in [0.1, 0.15) is 32.0 Å². The summed E-state index contributed by atoms with van der Waals surface area (Å²) in [4.78, 5) is 32.7. The van der Waals surface area contributed by atoms with Gasteiger partial charge in [-0.05, 0) is 54.4 Å². The van der Waals surface area contributed by atoms with Crippen LogP contribution in [-0.4, -0.2) is 50.2 Å². The Morgan fingerprint density at radius 2 is 1.70 bits per heavy atom. The van der Waals surface area contributed by atoms with Gasteiger partial charge in [0.1, 0.15) is 5.75 Å². The van der Waals surface area contributed by atoms with Crippen molar-refractivity contribution in [1.82, 2.24) is 10.3 Å². The molecule has 8 nitrogen and oxygen atoms in total. The summed E-state index contributed by atoms with van der Waals surface area (Å²) in [6.07, 6.45) is 1.64. The number of hydrogen-bond donors (Lipinski definition) is 2. The first-order valence-electron chi connectivity index (χ1n) is 13.2. The van der Waals surface area contributed by atoms with Crippen molar-refractivity contribution in [2.24, 2.45) is 0 Å². The number of nitrogens with one attached hydrogen (secondary N) is 2. The number of amides is 2. The predicted octanol–water partition coefficient (Wildman–Crippen LogP) is 5.08. The van der Waals surface area contributed by atoms with Crippen molar-refractivity contribution < 1.29 is 19.1 Å². The van der Waals surface area contributed by atoms with Gasteiger partial charge in [0, 0.05) is 42.1 Å². The number of morpholine rings is 1. The molecule has 1 aliphatic heterocycles. The molecule has 2 amide bonds. The van der Waals surface area contributed by atoms with Crippen LogP contribution in [0.3, 0.4) is 0 Å². The van der Waals surface area contributed by atoms with Gasteiger partial charge in [0.15, 0.2) is 0 Å². The minimum absolute atomic E-state index is 0.139. The average molecular weight is 537 g/mol. The van der Waals surface area contributed by atoms with Gasteiger partial charge in [-0.25, -0.2) is 0 Å². The van der Waals surface area contributed by atoms with E-state index in [1.807, 2.05) is 73.7 Å². The van der Waals surface area contributed by atoms with E-state index in [9.17, 15) is 9.59 Å². The lowest BCUT2D eigenvalue weighted by Gasteiger charge is -2.29. The van der Waals surface area contributed by atoms with Crippen LogP contribution in [0.15, 0.2) is 85.1 Å². The van der Waals surface area contributed by atoms with Crippen molar-refractivity contribution >= 4 is 23.2 Å². The predicted molar refractivity (Wildman–Crippen MR) is 156 cm³/mol. The minimum atomic E-state index is -0.283. The van der Waals surface area contributed by atoms with Crippen LogP contribution in [0.5, 0.6) is 5.75 Å². The zero-order valence-electron chi connectivity index (χ0n) is 22.6. The Labute approximate surface area is 234 Å². The number of aryl methyl sites for hydroxylation is 1. The van der Waals surface area contributed by atoms with Crippen LogP contribution in [0, 0.1) is 6.92 Å². The molecule has 1 saturated heterocycles. The lowest BCUT2D eigenvalue weighted by molar-refractivity contribution is 0.0950. The number of methoxy groups -OCH3 is 1. The van der Waals surface area contributed by atoms with E-state index in [1.54, 1.807) is 25.4 Å². The molecule has 0 spiro atoms. The number of benzene rings is 3. The second-order valence-corrected chi connectivity index (χ2v) is 9.54. The monoisotopic (exact) mass is 536 g/mol. The zero-order chi connectivity index (χ0) is 27.9. The van der Waals surface area contributed by atoms with E-state index in [4.69, 9.17) is 9.47 Å². The summed E-state index contributed by atoms with van der Waals surface area (Å²) in [5.41, 5.74) is 6.14. The summed E-state index contributed by atoms with van der Waals surface area (Å²) in [5, 5.41) is 5.92. The second kappa shape index (κ2) is 12.4. The van der Waals surface area contributed by atoms with Crippen LogP contribution < -0.4 is 20.3 Å². The van der Waals surface area contributed by atoms with Gasteiger partial charge in [-0.2, -0.15) is 0 Å². The SMILES string of the molecule is COc1ccc(N2CCOCC2)cc1C(=O)Nc1cnc(C)c(-c2ccc(C(=O)NCc3ccccc3)cc2)c1. The Balaban J connectivity index is 1.30. The van der Waals surface area contributed by atoms with Gasteiger partial charge >= 0.3 is 0 Å². The molecular formula is C32H32N4O4. The van der Waals surface area contributed by atoms with E-state index < -0.39 is 0 Å². The molecule has 4 aromatic rings. The molecule has 1 aliphatic rings. The molecule has 0 atom stereocenters. The molecule has 40 heavy (non-hydrogen) atoms. The molecule has 0 unspecified atom stereocenters. The number of ether oxygens (including phenoxy) is 2. The Kier molecular flexibility index (Phi) is 8.37. The third-order valence-corrected chi connectivity index (χ3v) is 6.90. The van der Waals surface area contributed by atoms with Crippen LogP contribution >= 0.6 is 0 Å². The largest absolute Gasteiger partial charge is 0.496 e. The van der Waals surface area contributed by atoms with E-state index in [0.29, 0.717) is 42.3 Å². The number of carbonyl (C=O) groups is 2. The van der Waals surface area contributed by atoms with Gasteiger partial charge in [0.25, 0.3) is 11.8 Å². The van der Waals surface area contributed by atoms with E-state index in [2.05, 4.69) is 20.5 Å². The minimum Gasteiger partial charge on any atom is -0.496 e. The third kappa shape index (κ3) is 6.30. The highest BCUT2D eigenvalue weighted by Crippen LogP contribution is 2.29. The first-order chi connectivity index (χ1) is 19.5. The van der Waals surface area contributed by atoms with E-state index in [0.717, 1.165) is 41.2 Å². The van der Waals surface area contributed by atoms with Crippen molar-refractivity contribution in [2.45, 2.75) is 13.5 Å². The van der Waals surface area contributed by atoms with E-state index in [-0.39, 0.29) is 11.8 Å². The fraction of sp³-hybridized carbons (Fsp3) is 0.219. The molecule has 2 heterocycles. The summed E-state index contributed by atoms with van der Waals surface area (Å²) in [6, 6.07) is 24.7. The summed E-state index contributed by atoms with van der Waals surface area (Å²) in [7, 11) is 1.55. The molecule has 8 heteroatoms. The molecule has 0 radical (unpaired) electrons. The number of carbonyl (C=O) groups excluding carboxylic acids is 2. The molecule has 3 aromatic carbocycles. The van der Waals surface area contributed by atoms with Crippen molar-refractivity contribution in [2.75, 3.05) is 43.6 Å². The van der Waals surface area contributed by atoms with Gasteiger partial charge in [-0.1, -0.05) is 42.5 Å². The molecule has 5 rings (SSSR count). The van der Waals surface area contributed by atoms with Gasteiger partial charge in [-0.3, -0.25) is 14.6 Å². The van der Waals surface area contributed by atoms with Gasteiger partial charge in [-0.15, -0.1) is 0 Å². The summed E-state index contributed by atoms with van der Waals surface area (Å²) < 4.78 is 10.9. The Bertz CT molecular complexity index is 1480. The number of rotatable bonds is 8. The fourth-order valence-corrected chi connectivity index (χ4v) is 4.67. The first-order valence-corrected chi connectivity index (χ1v) is 13.2. The highest BCUT2D eigenvalue weighted by molar-refractivity contribution is 6.07. The second-order valence-electron chi connectivity index (χ2n) is 9.54. The molecule has 2 N–H and O–H groups in total. The van der Waals surface area contributed by atoms with Gasteiger partial charge in [0.2, 0.25) is 0 Å². The average Bonchev–Trinajstić information content (AvgIpc) is 3.01. The molecule has 204 valence electrons. The van der Waals surface area contributed by atoms with Crippen LogP contribution in [0.25, 0.3) is 11.1 Å². The highest BCUT2D eigenvalue weighted by atomic mass is 16.5. The number of hydrogen-bond acceptors (Lipinski definition) is 6. The van der Waals surface area contributed by atoms with Crippen LogP contribution in [0.2, 0.25) is 0 Å². The number of anilines is 2. The highest BCUT2D eigenvalue weighted by Gasteiger charge is 2.18. The maximum atomic E-state index is 13.3. The summed E-state index contributed by atoms with van der Waals surface area (Å²) in [5.74, 6) is 0.0736. The number of aromatic nitrogens is 1. The Hall–Kier alpha value is -4.69. The topological polar surface area (TPSA) is 92.8 Å². The molecule has 0 aliphatic carbocycles. The molecule has 0 saturated carbocycles. The molecule has 0 bridgehead atoms. The number of nitrogens with zero attached hydrogens (tertiary/aromatic N) is 2. The molecular weight excluding hydrogens is 504 g/mol. The summed E-state index contributed by atoms with van der Waals surface area (Å²) in [6.45, 7) is 5.23. The normalized spacial score (nSPS) is 13.0. The lowest BCUT2D eigenvalue weighted by atomic mass is 10.0. The molecule has 1 aromatic heterocycles. The van der Waals surface area contributed by atoms with Crippen molar-refractivity contribution in [3.8, 4) is 16.9 Å². The molecule has 1 fully saturated rings. The van der Waals surface area contributed by atoms with Crippen molar-refractivity contribution in [3.63, 3.8) is 0 Å². The fourth-order valence-electron chi connectivity index (χ4n) is 4.67. The van der Waals surface area contributed by atoms with Crippen LogP contribution in [0.4, 0.5) is 11.4 Å². The zero-order valence-corrected chi connectivity index (χ0v) is 22.6. The van der Waals surface area contributed by atoms with Gasteiger partial charge in [0.05, 0.1) is 37.8 Å². The van der Waals surface area contributed by atoms with Crippen LogP contribution in [-0.2, 0) is 11.3 Å². The Morgan fingerprint density at radius 3 is 2.42 bits per heavy atom. The standard InChI is InChI=1S/C32H32N4O4/c1-22-28(24-8-10-25(11-9-24)31(37)34-20-23-6-4-3-5-7-23)18-26(21-33-22)35-32(38)29-19-27(12-13-30(29)39-2)36-14-16-40-17-15-36/h3-13,18-19,21H,14-17,20H2,1-2H3,(H,34,37)(H,35,38). The van der Waals surface area contributed by atoms with Crippen molar-refractivity contribution in [3.05, 3.63) is 107 Å². The lowest BCUT2D eigenvalue weighted by Crippen LogP contribution is -2.36. The van der Waals surface area contributed by atoms with E-state index in [1.165, 1.54) is 0 Å². The first kappa shape index (κ1) is 26.9. The Morgan fingerprint density at radius 1 is 0.950 bits per heavy atom. The van der Waals surface area contributed by atoms with Crippen molar-refractivity contribution in [1.29, 1.82) is 0 Å². The summed E-state index contributed by atoms with van der Waals surface area (Å²) >= 11 is 0. The number of pyridine rings is 1. The third-order valence-electron chi connectivity index (χ3n) is 6.90. The van der Waals surface area contributed by atoms with E-state index >= 15 is 0 Å². The maximum absolute atomic E-state index is 13.3. The van der Waals surface area contributed by atoms with Gasteiger partial charge < -0.3 is 25.0 Å². The quantitative estimate of drug-likeness (QED) is 0.326. The smallest absolute Gasteiger partial charge is 0.259 e. The maximum Gasteiger partial charge on any atom is 0.259 e.